The molecule has 0 heterocycles. The van der Waals surface area contributed by atoms with Crippen LogP contribution in [0.25, 0.3) is 0 Å². The molecule has 0 fully saturated rings. The number of hydrogen-bond acceptors (Lipinski definition) is 1. The zero-order valence-electron chi connectivity index (χ0n) is 9.96. The van der Waals surface area contributed by atoms with E-state index in [1.54, 1.807) is 7.11 Å². The Hall–Kier alpha value is 0.220. The average molecular weight is 516 g/mol. The van der Waals surface area contributed by atoms with E-state index in [4.69, 9.17) is 16.3 Å². The van der Waals surface area contributed by atoms with Gasteiger partial charge in [-0.3, -0.25) is 0 Å². The van der Waals surface area contributed by atoms with E-state index in [1.807, 2.05) is 18.2 Å². The molecular weight excluding hydrogens is 506 g/mol. The molecule has 0 radical (unpaired) electrons. The summed E-state index contributed by atoms with van der Waals surface area (Å²) in [4.78, 5) is 0.0833. The van der Waals surface area contributed by atoms with Gasteiger partial charge in [-0.1, -0.05) is 49.5 Å². The van der Waals surface area contributed by atoms with Gasteiger partial charge in [-0.05, 0) is 64.0 Å². The van der Waals surface area contributed by atoms with Crippen molar-refractivity contribution in [1.29, 1.82) is 0 Å². The van der Waals surface area contributed by atoms with Gasteiger partial charge in [0.25, 0.3) is 0 Å². The molecule has 19 heavy (non-hydrogen) atoms. The van der Waals surface area contributed by atoms with Crippen molar-refractivity contribution in [2.24, 2.45) is 0 Å². The molecule has 0 N–H and O–H groups in total. The third-order valence-electron chi connectivity index (χ3n) is 2.70. The molecule has 0 bridgehead atoms. The van der Waals surface area contributed by atoms with Gasteiger partial charge in [-0.2, -0.15) is 0 Å². The van der Waals surface area contributed by atoms with Gasteiger partial charge in [0.1, 0.15) is 5.75 Å². The zero-order valence-corrected chi connectivity index (χ0v) is 16.0. The molecule has 0 aliphatic carbocycles. The van der Waals surface area contributed by atoms with Crippen LogP contribution in [-0.4, -0.2) is 7.11 Å². The normalized spacial score (nSPS) is 12.3. The van der Waals surface area contributed by atoms with Crippen LogP contribution in [0.3, 0.4) is 0 Å². The van der Waals surface area contributed by atoms with Crippen LogP contribution in [0.2, 0.25) is 5.02 Å². The fraction of sp³-hybridized carbons (Fsp3) is 0.143. The molecule has 1 nitrogen and oxygen atoms in total. The Morgan fingerprint density at radius 3 is 2.58 bits per heavy atom. The smallest absolute Gasteiger partial charge is 0.137 e. The van der Waals surface area contributed by atoms with Gasteiger partial charge >= 0.3 is 0 Å². The van der Waals surface area contributed by atoms with Crippen molar-refractivity contribution >= 4 is 66.1 Å². The van der Waals surface area contributed by atoms with Crippen molar-refractivity contribution < 1.29 is 4.74 Å². The van der Waals surface area contributed by atoms with Crippen LogP contribution in [0.4, 0.5) is 0 Å². The molecule has 1 unspecified atom stereocenters. The summed E-state index contributed by atoms with van der Waals surface area (Å²) in [6.07, 6.45) is 0. The average Bonchev–Trinajstić information content (AvgIpc) is 2.40. The van der Waals surface area contributed by atoms with Crippen molar-refractivity contribution in [3.8, 4) is 5.75 Å². The van der Waals surface area contributed by atoms with E-state index in [-0.39, 0.29) is 4.83 Å². The van der Waals surface area contributed by atoms with Crippen LogP contribution in [0.15, 0.2) is 40.9 Å². The second kappa shape index (κ2) is 6.78. The van der Waals surface area contributed by atoms with Gasteiger partial charge in [-0.15, -0.1) is 0 Å². The highest BCUT2D eigenvalue weighted by atomic mass is 127. The van der Waals surface area contributed by atoms with Crippen molar-refractivity contribution in [3.63, 3.8) is 0 Å². The second-order valence-electron chi connectivity index (χ2n) is 3.92. The van der Waals surface area contributed by atoms with Crippen LogP contribution in [-0.2, 0) is 0 Å². The van der Waals surface area contributed by atoms with Gasteiger partial charge in [0.05, 0.1) is 17.0 Å². The quantitative estimate of drug-likeness (QED) is 0.349. The Bertz CT molecular complexity index is 604. The Labute approximate surface area is 148 Å². The van der Waals surface area contributed by atoms with Crippen molar-refractivity contribution in [3.05, 3.63) is 60.6 Å². The summed E-state index contributed by atoms with van der Waals surface area (Å²) < 4.78 is 7.44. The lowest BCUT2D eigenvalue weighted by atomic mass is 10.0. The van der Waals surface area contributed by atoms with E-state index < -0.39 is 0 Å². The topological polar surface area (TPSA) is 9.23 Å². The largest absolute Gasteiger partial charge is 0.495 e. The molecule has 2 aromatic rings. The number of halogens is 4. The number of hydrogen-bond donors (Lipinski definition) is 0. The molecular formula is C14H10Br2ClIO. The van der Waals surface area contributed by atoms with E-state index in [0.717, 1.165) is 10.0 Å². The van der Waals surface area contributed by atoms with E-state index in [9.17, 15) is 0 Å². The molecule has 0 aliphatic heterocycles. The molecule has 0 amide bonds. The van der Waals surface area contributed by atoms with E-state index >= 15 is 0 Å². The maximum Gasteiger partial charge on any atom is 0.137 e. The lowest BCUT2D eigenvalue weighted by Crippen LogP contribution is -1.96. The summed E-state index contributed by atoms with van der Waals surface area (Å²) in [6, 6.07) is 12.1. The van der Waals surface area contributed by atoms with Crippen molar-refractivity contribution in [2.75, 3.05) is 7.11 Å². The van der Waals surface area contributed by atoms with E-state index in [2.05, 4.69) is 72.6 Å². The molecule has 5 heteroatoms. The monoisotopic (exact) mass is 514 g/mol. The third kappa shape index (κ3) is 3.65. The number of ether oxygens (including phenoxy) is 1. The van der Waals surface area contributed by atoms with E-state index in [0.29, 0.717) is 10.8 Å². The van der Waals surface area contributed by atoms with Gasteiger partial charge in [0.15, 0.2) is 0 Å². The molecule has 0 spiro atoms. The highest BCUT2D eigenvalue weighted by Crippen LogP contribution is 2.38. The highest BCUT2D eigenvalue weighted by molar-refractivity contribution is 14.1. The minimum atomic E-state index is 0.0833. The molecule has 2 aromatic carbocycles. The fourth-order valence-corrected chi connectivity index (χ4v) is 3.96. The summed E-state index contributed by atoms with van der Waals surface area (Å²) in [5, 5.41) is 0.617. The predicted molar refractivity (Wildman–Crippen MR) is 95.6 cm³/mol. The fourth-order valence-electron chi connectivity index (χ4n) is 1.73. The Morgan fingerprint density at radius 1 is 1.21 bits per heavy atom. The third-order valence-corrected chi connectivity index (χ3v) is 5.41. The second-order valence-corrected chi connectivity index (χ2v) is 7.35. The first-order chi connectivity index (χ1) is 9.02. The Kier molecular flexibility index (Phi) is 5.57. The summed E-state index contributed by atoms with van der Waals surface area (Å²) in [5.41, 5.74) is 2.27. The first-order valence-corrected chi connectivity index (χ1v) is 8.62. The number of rotatable bonds is 3. The summed E-state index contributed by atoms with van der Waals surface area (Å²) >= 11 is 15.8. The van der Waals surface area contributed by atoms with Crippen LogP contribution in [0.5, 0.6) is 5.75 Å². The van der Waals surface area contributed by atoms with Crippen LogP contribution in [0.1, 0.15) is 16.0 Å². The molecule has 2 rings (SSSR count). The molecule has 0 aliphatic rings. The van der Waals surface area contributed by atoms with Crippen molar-refractivity contribution in [1.82, 2.24) is 0 Å². The number of alkyl halides is 1. The number of benzene rings is 2. The van der Waals surface area contributed by atoms with Gasteiger partial charge < -0.3 is 4.74 Å². The zero-order chi connectivity index (χ0) is 14.0. The van der Waals surface area contributed by atoms with E-state index in [1.165, 1.54) is 9.13 Å². The van der Waals surface area contributed by atoms with Crippen molar-refractivity contribution in [2.45, 2.75) is 4.83 Å². The van der Waals surface area contributed by atoms with Crippen LogP contribution >= 0.6 is 66.1 Å². The minimum Gasteiger partial charge on any atom is -0.495 e. The van der Waals surface area contributed by atoms with Crippen LogP contribution < -0.4 is 4.74 Å². The summed E-state index contributed by atoms with van der Waals surface area (Å²) in [5.74, 6) is 0.687. The van der Waals surface area contributed by atoms with Gasteiger partial charge in [-0.25, -0.2) is 0 Å². The van der Waals surface area contributed by atoms with Gasteiger partial charge in [0, 0.05) is 8.04 Å². The summed E-state index contributed by atoms with van der Waals surface area (Å²) in [7, 11) is 1.61. The number of methoxy groups -OCH3 is 1. The Balaban J connectivity index is 2.41. The summed E-state index contributed by atoms with van der Waals surface area (Å²) in [6.45, 7) is 0. The standard InChI is InChI=1S/C14H10Br2ClIO/c1-19-13-5-2-8(6-12(13)17)14(16)10-7-9(18)3-4-11(10)15/h2-7,14H,1H3. The molecule has 1 atom stereocenters. The maximum atomic E-state index is 6.17. The Morgan fingerprint density at radius 2 is 1.95 bits per heavy atom. The van der Waals surface area contributed by atoms with Crippen LogP contribution in [0, 0.1) is 3.57 Å². The predicted octanol–water partition coefficient (Wildman–Crippen LogP) is 6.20. The molecule has 0 saturated carbocycles. The maximum absolute atomic E-state index is 6.17. The SMILES string of the molecule is COc1ccc(C(Br)c2cc(I)ccc2Br)cc1Cl. The van der Waals surface area contributed by atoms with Gasteiger partial charge in [0.2, 0.25) is 0 Å². The first-order valence-electron chi connectivity index (χ1n) is 5.45. The first kappa shape index (κ1) is 15.6. The minimum absolute atomic E-state index is 0.0833. The molecule has 0 aromatic heterocycles. The lowest BCUT2D eigenvalue weighted by molar-refractivity contribution is 0.415. The lowest BCUT2D eigenvalue weighted by Gasteiger charge is -2.14. The molecule has 0 saturated heterocycles. The highest BCUT2D eigenvalue weighted by Gasteiger charge is 2.15. The molecule has 100 valence electrons.